The van der Waals surface area contributed by atoms with Crippen LogP contribution in [0.4, 0.5) is 0 Å². The number of aliphatic hydroxyl groups excluding tert-OH is 1. The molecule has 1 aromatic rings. The first-order chi connectivity index (χ1) is 13.4. The predicted molar refractivity (Wildman–Crippen MR) is 120 cm³/mol. The lowest BCUT2D eigenvalue weighted by molar-refractivity contribution is -0.119. The molecule has 152 valence electrons. The van der Waals surface area contributed by atoms with Crippen molar-refractivity contribution < 1.29 is 5.11 Å². The lowest BCUT2D eigenvalue weighted by Gasteiger charge is -2.60. The van der Waals surface area contributed by atoms with Gasteiger partial charge in [-0.1, -0.05) is 60.8 Å². The number of benzene rings is 1. The topological polar surface area (TPSA) is 20.2 Å². The molecular weight excluding hydrogens is 408 g/mol. The van der Waals surface area contributed by atoms with Gasteiger partial charge in [0.05, 0.1) is 6.10 Å². The molecule has 5 rings (SSSR count). The van der Waals surface area contributed by atoms with Crippen LogP contribution in [0.5, 0.6) is 0 Å². The van der Waals surface area contributed by atoms with Crippen molar-refractivity contribution in [2.45, 2.75) is 77.7 Å². The van der Waals surface area contributed by atoms with E-state index in [2.05, 4.69) is 60.1 Å². The fraction of sp³-hybridized carbons (Fsp3) is 0.692. The van der Waals surface area contributed by atoms with Gasteiger partial charge in [0.2, 0.25) is 0 Å². The second-order valence-electron chi connectivity index (χ2n) is 10.8. The van der Waals surface area contributed by atoms with Crippen molar-refractivity contribution in [1.29, 1.82) is 0 Å². The van der Waals surface area contributed by atoms with Crippen molar-refractivity contribution in [3.05, 3.63) is 39.9 Å². The fourth-order valence-electron chi connectivity index (χ4n) is 8.10. The Labute approximate surface area is 179 Å². The summed E-state index contributed by atoms with van der Waals surface area (Å²) in [6.45, 7) is 5.04. The van der Waals surface area contributed by atoms with E-state index in [0.29, 0.717) is 11.3 Å². The highest BCUT2D eigenvalue weighted by atomic mass is 79.9. The lowest BCUT2D eigenvalue weighted by Crippen LogP contribution is -2.53. The van der Waals surface area contributed by atoms with Crippen molar-refractivity contribution in [2.24, 2.45) is 34.5 Å². The molecule has 4 saturated carbocycles. The molecule has 0 aliphatic heterocycles. The number of rotatable bonds is 1. The van der Waals surface area contributed by atoms with Gasteiger partial charge in [0.1, 0.15) is 0 Å². The van der Waals surface area contributed by atoms with Crippen LogP contribution in [-0.4, -0.2) is 11.2 Å². The van der Waals surface area contributed by atoms with Gasteiger partial charge in [-0.05, 0) is 97.3 Å². The van der Waals surface area contributed by atoms with Gasteiger partial charge in [0, 0.05) is 9.89 Å². The molecule has 2 heteroatoms. The Hall–Kier alpha value is -0.600. The molecular formula is C26H35BrO. The highest BCUT2D eigenvalue weighted by molar-refractivity contribution is 9.10. The van der Waals surface area contributed by atoms with Gasteiger partial charge in [-0.15, -0.1) is 0 Å². The van der Waals surface area contributed by atoms with E-state index < -0.39 is 0 Å². The average Bonchev–Trinajstić information content (AvgIpc) is 2.92. The van der Waals surface area contributed by atoms with Crippen LogP contribution >= 0.6 is 15.9 Å². The van der Waals surface area contributed by atoms with Gasteiger partial charge in [0.15, 0.2) is 0 Å². The van der Waals surface area contributed by atoms with Gasteiger partial charge in [-0.3, -0.25) is 0 Å². The summed E-state index contributed by atoms with van der Waals surface area (Å²) < 4.78 is 1.11. The molecule has 1 N–H and O–H groups in total. The summed E-state index contributed by atoms with van der Waals surface area (Å²) in [7, 11) is 0. The van der Waals surface area contributed by atoms with E-state index in [1.165, 1.54) is 62.5 Å². The van der Waals surface area contributed by atoms with Crippen molar-refractivity contribution in [1.82, 2.24) is 0 Å². The van der Waals surface area contributed by atoms with Crippen LogP contribution in [0.15, 0.2) is 34.3 Å². The SMILES string of the molecule is CC12CCCCC1CCC1C2CCC2(C)C(O)C(=Cc3cccc(Br)c3)CC12. The standard InChI is InChI=1S/C26H35BrO/c1-25-12-4-3-7-19(25)9-10-21-22(25)11-13-26(2)23(21)16-18(24(26)28)14-17-6-5-8-20(27)15-17/h5-6,8,14-15,19,21-24,28H,3-4,7,9-13,16H2,1-2H3. The van der Waals surface area contributed by atoms with Crippen molar-refractivity contribution >= 4 is 22.0 Å². The summed E-state index contributed by atoms with van der Waals surface area (Å²) in [4.78, 5) is 0. The summed E-state index contributed by atoms with van der Waals surface area (Å²) in [6, 6.07) is 8.49. The number of aliphatic hydroxyl groups is 1. The molecule has 4 aliphatic rings. The predicted octanol–water partition coefficient (Wildman–Crippen LogP) is 7.24. The van der Waals surface area contributed by atoms with Gasteiger partial charge < -0.3 is 5.11 Å². The first-order valence-electron chi connectivity index (χ1n) is 11.6. The van der Waals surface area contributed by atoms with Crippen molar-refractivity contribution in [2.75, 3.05) is 0 Å². The molecule has 0 saturated heterocycles. The van der Waals surface area contributed by atoms with Crippen LogP contribution < -0.4 is 0 Å². The van der Waals surface area contributed by atoms with E-state index >= 15 is 0 Å². The zero-order valence-corrected chi connectivity index (χ0v) is 19.0. The summed E-state index contributed by atoms with van der Waals surface area (Å²) in [6.07, 6.45) is 14.3. The number of hydrogen-bond acceptors (Lipinski definition) is 1. The van der Waals surface area contributed by atoms with E-state index in [9.17, 15) is 5.11 Å². The Bertz CT molecular complexity index is 784. The van der Waals surface area contributed by atoms with Crippen LogP contribution in [0.3, 0.4) is 0 Å². The molecule has 0 bridgehead atoms. The van der Waals surface area contributed by atoms with Crippen LogP contribution in [0.2, 0.25) is 0 Å². The molecule has 4 aliphatic carbocycles. The molecule has 4 fully saturated rings. The molecule has 7 unspecified atom stereocenters. The Morgan fingerprint density at radius 1 is 1.00 bits per heavy atom. The fourth-order valence-corrected chi connectivity index (χ4v) is 8.52. The second-order valence-corrected chi connectivity index (χ2v) is 11.7. The smallest absolute Gasteiger partial charge is 0.0809 e. The number of hydrogen-bond donors (Lipinski definition) is 1. The molecule has 28 heavy (non-hydrogen) atoms. The Kier molecular flexibility index (Phi) is 4.83. The van der Waals surface area contributed by atoms with Gasteiger partial charge in [-0.25, -0.2) is 0 Å². The third-order valence-electron chi connectivity index (χ3n) is 9.65. The van der Waals surface area contributed by atoms with Crippen LogP contribution in [0.25, 0.3) is 6.08 Å². The Morgan fingerprint density at radius 2 is 1.86 bits per heavy atom. The van der Waals surface area contributed by atoms with Crippen molar-refractivity contribution in [3.8, 4) is 0 Å². The zero-order valence-electron chi connectivity index (χ0n) is 17.5. The Morgan fingerprint density at radius 3 is 2.68 bits per heavy atom. The molecule has 0 aromatic heterocycles. The second kappa shape index (κ2) is 6.98. The molecule has 0 radical (unpaired) electrons. The lowest BCUT2D eigenvalue weighted by atomic mass is 9.45. The van der Waals surface area contributed by atoms with E-state index in [0.717, 1.165) is 28.6 Å². The molecule has 0 spiro atoms. The number of halogens is 1. The van der Waals surface area contributed by atoms with E-state index in [-0.39, 0.29) is 11.5 Å². The average molecular weight is 443 g/mol. The molecule has 0 heterocycles. The first-order valence-corrected chi connectivity index (χ1v) is 12.4. The zero-order chi connectivity index (χ0) is 19.5. The minimum atomic E-state index is -0.269. The molecule has 1 nitrogen and oxygen atoms in total. The monoisotopic (exact) mass is 442 g/mol. The van der Waals surface area contributed by atoms with Gasteiger partial charge in [0.25, 0.3) is 0 Å². The van der Waals surface area contributed by atoms with Crippen LogP contribution in [-0.2, 0) is 0 Å². The quantitative estimate of drug-likeness (QED) is 0.485. The minimum absolute atomic E-state index is 0.0802. The van der Waals surface area contributed by atoms with Gasteiger partial charge in [-0.2, -0.15) is 0 Å². The normalized spacial score (nSPS) is 46.7. The first kappa shape index (κ1) is 19.4. The van der Waals surface area contributed by atoms with E-state index in [1.54, 1.807) is 0 Å². The van der Waals surface area contributed by atoms with Crippen molar-refractivity contribution in [3.63, 3.8) is 0 Å². The van der Waals surface area contributed by atoms with Crippen LogP contribution in [0, 0.1) is 34.5 Å². The third kappa shape index (κ3) is 2.88. The minimum Gasteiger partial charge on any atom is -0.388 e. The summed E-state index contributed by atoms with van der Waals surface area (Å²) >= 11 is 3.59. The largest absolute Gasteiger partial charge is 0.388 e. The van der Waals surface area contributed by atoms with Gasteiger partial charge >= 0.3 is 0 Å². The summed E-state index contributed by atoms with van der Waals surface area (Å²) in [5, 5.41) is 11.4. The molecule has 0 amide bonds. The highest BCUT2D eigenvalue weighted by Crippen LogP contribution is 2.67. The maximum atomic E-state index is 11.4. The van der Waals surface area contributed by atoms with E-state index in [1.807, 2.05) is 0 Å². The number of fused-ring (bicyclic) bond motifs is 5. The third-order valence-corrected chi connectivity index (χ3v) is 10.1. The summed E-state index contributed by atoms with van der Waals surface area (Å²) in [5.41, 5.74) is 3.15. The maximum Gasteiger partial charge on any atom is 0.0809 e. The Balaban J connectivity index is 1.46. The van der Waals surface area contributed by atoms with Crippen LogP contribution in [0.1, 0.15) is 77.2 Å². The molecule has 7 atom stereocenters. The maximum absolute atomic E-state index is 11.4. The molecule has 1 aromatic carbocycles. The summed E-state index contributed by atoms with van der Waals surface area (Å²) in [5.74, 6) is 3.34. The highest BCUT2D eigenvalue weighted by Gasteiger charge is 2.60. The van der Waals surface area contributed by atoms with E-state index in [4.69, 9.17) is 0 Å².